The normalized spacial score (nSPS) is 14.9. The number of carbonyl (C=O) groups excluding carboxylic acids is 1. The van der Waals surface area contributed by atoms with E-state index in [1.54, 1.807) is 13.0 Å². The number of aliphatic hydroxyl groups is 1. The lowest BCUT2D eigenvalue weighted by atomic mass is 9.97. The van der Waals surface area contributed by atoms with Crippen LogP contribution in [0.25, 0.3) is 0 Å². The summed E-state index contributed by atoms with van der Waals surface area (Å²) >= 11 is 1.10. The average molecular weight is 449 g/mol. The highest BCUT2D eigenvalue weighted by Gasteiger charge is 2.25. The van der Waals surface area contributed by atoms with Gasteiger partial charge in [0.05, 0.1) is 12.8 Å². The van der Waals surface area contributed by atoms with E-state index in [1.807, 2.05) is 4.90 Å². The molecule has 31 heavy (non-hydrogen) atoms. The lowest BCUT2D eigenvalue weighted by molar-refractivity contribution is 0.0991. The Labute approximate surface area is 182 Å². The number of nitrogens with one attached hydrogen (secondary N) is 3. The van der Waals surface area contributed by atoms with Gasteiger partial charge >= 0.3 is 5.63 Å². The smallest absolute Gasteiger partial charge is 0.381 e. The number of aliphatic hydroxyl groups excluding tert-OH is 1. The molecule has 3 rings (SSSR count). The molecule has 0 saturated carbocycles. The van der Waals surface area contributed by atoms with E-state index in [2.05, 4.69) is 20.8 Å². The Morgan fingerprint density at radius 2 is 2.06 bits per heavy atom. The predicted octanol–water partition coefficient (Wildman–Crippen LogP) is 1.93. The van der Waals surface area contributed by atoms with Crippen molar-refractivity contribution in [2.75, 3.05) is 42.3 Å². The molecule has 11 nitrogen and oxygen atoms in total. The fraction of sp³-hybridized carbons (Fsp3) is 0.421. The van der Waals surface area contributed by atoms with Gasteiger partial charge in [-0.05, 0) is 31.8 Å². The zero-order valence-electron chi connectivity index (χ0n) is 17.2. The second kappa shape index (κ2) is 10.2. The van der Waals surface area contributed by atoms with E-state index in [0.29, 0.717) is 29.6 Å². The van der Waals surface area contributed by atoms with Crippen LogP contribution in [0.5, 0.6) is 5.75 Å². The zero-order valence-corrected chi connectivity index (χ0v) is 18.0. The monoisotopic (exact) mass is 448 g/mol. The number of anilines is 3. The molecule has 1 amide bonds. The van der Waals surface area contributed by atoms with E-state index in [9.17, 15) is 14.7 Å². The van der Waals surface area contributed by atoms with Crippen LogP contribution in [-0.2, 0) is 0 Å². The molecule has 2 aromatic rings. The van der Waals surface area contributed by atoms with E-state index in [4.69, 9.17) is 14.6 Å². The van der Waals surface area contributed by atoms with Gasteiger partial charge in [-0.3, -0.25) is 10.1 Å². The summed E-state index contributed by atoms with van der Waals surface area (Å²) in [6.07, 6.45) is 4.24. The second-order valence-electron chi connectivity index (χ2n) is 6.94. The number of amides is 1. The molecular formula is C19H24N6O5S. The molecule has 166 valence electrons. The first-order chi connectivity index (χ1) is 14.9. The number of carbonyl (C=O) groups is 1. The fourth-order valence-corrected chi connectivity index (χ4v) is 3.88. The van der Waals surface area contributed by atoms with Gasteiger partial charge in [0.2, 0.25) is 16.0 Å². The van der Waals surface area contributed by atoms with E-state index >= 15 is 0 Å². The standard InChI is InChI=1S/C19H24N6O5S/c1-11(3-6-20)21-18-23-24-19(31-18)22-16(27)14-9-13(15(29-2)17(28)30-14)25-7-4-12(10-26)5-8-25/h3,6,9,12,20,26H,4-5,7-8,10H2,1-2H3,(H,21,23)(H,22,24,27)/b11-3-,20-6?. The topological polar surface area (TPSA) is 154 Å². The van der Waals surface area contributed by atoms with Gasteiger partial charge < -0.3 is 29.9 Å². The number of aromatic nitrogens is 2. The lowest BCUT2D eigenvalue weighted by Gasteiger charge is -2.33. The molecule has 2 aromatic heterocycles. The van der Waals surface area contributed by atoms with E-state index in [1.165, 1.54) is 13.2 Å². The van der Waals surface area contributed by atoms with Crippen LogP contribution in [0, 0.1) is 11.3 Å². The van der Waals surface area contributed by atoms with Crippen LogP contribution >= 0.6 is 11.3 Å². The van der Waals surface area contributed by atoms with Crippen LogP contribution in [0.2, 0.25) is 0 Å². The summed E-state index contributed by atoms with van der Waals surface area (Å²) in [5.74, 6) is -0.548. The Morgan fingerprint density at radius 3 is 2.68 bits per heavy atom. The van der Waals surface area contributed by atoms with E-state index in [-0.39, 0.29) is 29.2 Å². The van der Waals surface area contributed by atoms with Gasteiger partial charge in [0, 0.05) is 37.7 Å². The maximum Gasteiger partial charge on any atom is 0.381 e. The summed E-state index contributed by atoms with van der Waals surface area (Å²) < 4.78 is 10.4. The Kier molecular flexibility index (Phi) is 7.36. The fourth-order valence-electron chi connectivity index (χ4n) is 3.18. The molecule has 3 heterocycles. The summed E-state index contributed by atoms with van der Waals surface area (Å²) in [5, 5.41) is 30.4. The van der Waals surface area contributed by atoms with Crippen molar-refractivity contribution in [3.63, 3.8) is 0 Å². The number of ether oxygens (including phenoxy) is 1. The van der Waals surface area contributed by atoms with Gasteiger partial charge in [-0.15, -0.1) is 10.2 Å². The van der Waals surface area contributed by atoms with Gasteiger partial charge in [-0.2, -0.15) is 0 Å². The minimum Gasteiger partial charge on any atom is -0.488 e. The molecule has 0 radical (unpaired) electrons. The number of piperidine rings is 1. The third-order valence-corrected chi connectivity index (χ3v) is 5.57. The van der Waals surface area contributed by atoms with Crippen molar-refractivity contribution in [1.29, 1.82) is 5.41 Å². The van der Waals surface area contributed by atoms with E-state index < -0.39 is 11.5 Å². The number of rotatable bonds is 8. The summed E-state index contributed by atoms with van der Waals surface area (Å²) in [6.45, 7) is 3.15. The van der Waals surface area contributed by atoms with Gasteiger partial charge in [-0.25, -0.2) is 4.79 Å². The number of allylic oxidation sites excluding steroid dienone is 2. The minimum atomic E-state index is -0.749. The van der Waals surface area contributed by atoms with Crippen LogP contribution in [-0.4, -0.2) is 54.2 Å². The summed E-state index contributed by atoms with van der Waals surface area (Å²) in [6, 6.07) is 1.48. The third kappa shape index (κ3) is 5.47. The molecule has 0 aromatic carbocycles. The van der Waals surface area contributed by atoms with Crippen molar-refractivity contribution in [3.05, 3.63) is 34.0 Å². The number of hydrogen-bond acceptors (Lipinski definition) is 11. The largest absolute Gasteiger partial charge is 0.488 e. The predicted molar refractivity (Wildman–Crippen MR) is 118 cm³/mol. The first-order valence-electron chi connectivity index (χ1n) is 9.62. The maximum atomic E-state index is 12.7. The molecule has 0 atom stereocenters. The second-order valence-corrected chi connectivity index (χ2v) is 7.91. The Hall–Kier alpha value is -3.25. The van der Waals surface area contributed by atoms with E-state index in [0.717, 1.165) is 30.4 Å². The Morgan fingerprint density at radius 1 is 1.39 bits per heavy atom. The summed E-state index contributed by atoms with van der Waals surface area (Å²) in [4.78, 5) is 27.0. The molecule has 0 unspecified atom stereocenters. The zero-order chi connectivity index (χ0) is 22.4. The van der Waals surface area contributed by atoms with Gasteiger partial charge in [0.1, 0.15) is 0 Å². The molecule has 1 aliphatic heterocycles. The van der Waals surface area contributed by atoms with Gasteiger partial charge in [0.25, 0.3) is 5.91 Å². The van der Waals surface area contributed by atoms with Crippen LogP contribution < -0.4 is 25.9 Å². The van der Waals surface area contributed by atoms with Crippen molar-refractivity contribution in [1.82, 2.24) is 10.2 Å². The van der Waals surface area contributed by atoms with Crippen molar-refractivity contribution in [3.8, 4) is 5.75 Å². The highest BCUT2D eigenvalue weighted by molar-refractivity contribution is 7.19. The SMILES string of the molecule is COc1c(N2CCC(CO)CC2)cc(C(=O)Nc2nnc(N/C(C)=C\C=N)s2)oc1=O. The van der Waals surface area contributed by atoms with Crippen LogP contribution in [0.15, 0.2) is 27.1 Å². The number of methoxy groups -OCH3 is 1. The minimum absolute atomic E-state index is 0.0369. The molecular weight excluding hydrogens is 424 g/mol. The van der Waals surface area contributed by atoms with Gasteiger partial charge in [-0.1, -0.05) is 11.3 Å². The first-order valence-corrected chi connectivity index (χ1v) is 10.4. The molecule has 1 aliphatic rings. The maximum absolute atomic E-state index is 12.7. The molecule has 0 bridgehead atoms. The van der Waals surface area contributed by atoms with Crippen molar-refractivity contribution < 1.29 is 19.1 Å². The summed E-state index contributed by atoms with van der Waals surface area (Å²) in [5.41, 5.74) is 0.425. The molecule has 4 N–H and O–H groups in total. The van der Waals surface area contributed by atoms with Gasteiger partial charge in [0.15, 0.2) is 5.76 Å². The molecule has 1 fully saturated rings. The van der Waals surface area contributed by atoms with Crippen molar-refractivity contribution in [2.45, 2.75) is 19.8 Å². The first kappa shape index (κ1) is 22.4. The molecule has 12 heteroatoms. The Balaban J connectivity index is 1.78. The molecule has 0 aliphatic carbocycles. The average Bonchev–Trinajstić information content (AvgIpc) is 3.19. The van der Waals surface area contributed by atoms with Crippen molar-refractivity contribution >= 4 is 39.4 Å². The quantitative estimate of drug-likeness (QED) is 0.443. The van der Waals surface area contributed by atoms with Crippen LogP contribution in [0.3, 0.4) is 0 Å². The van der Waals surface area contributed by atoms with Crippen LogP contribution in [0.1, 0.15) is 30.3 Å². The Bertz CT molecular complexity index is 1030. The van der Waals surface area contributed by atoms with Crippen LogP contribution in [0.4, 0.5) is 16.0 Å². The molecule has 0 spiro atoms. The van der Waals surface area contributed by atoms with Crippen molar-refractivity contribution in [2.24, 2.45) is 5.92 Å². The summed E-state index contributed by atoms with van der Waals surface area (Å²) in [7, 11) is 1.38. The third-order valence-electron chi connectivity index (χ3n) is 4.81. The lowest BCUT2D eigenvalue weighted by Crippen LogP contribution is -2.35. The number of hydrogen-bond donors (Lipinski definition) is 4. The highest BCUT2D eigenvalue weighted by Crippen LogP contribution is 2.30. The highest BCUT2D eigenvalue weighted by atomic mass is 32.1. The number of nitrogens with zero attached hydrogens (tertiary/aromatic N) is 3. The molecule has 1 saturated heterocycles.